The Labute approximate surface area is 180 Å². The second-order valence-corrected chi connectivity index (χ2v) is 8.13. The molecule has 0 spiro atoms. The van der Waals surface area contributed by atoms with Crippen molar-refractivity contribution >= 4 is 0 Å². The summed E-state index contributed by atoms with van der Waals surface area (Å²) in [5.74, 6) is 0.679. The van der Waals surface area contributed by atoms with Crippen molar-refractivity contribution < 1.29 is 4.39 Å². The van der Waals surface area contributed by atoms with Crippen molar-refractivity contribution in [2.24, 2.45) is 0 Å². The highest BCUT2D eigenvalue weighted by Gasteiger charge is 2.34. The minimum absolute atomic E-state index is 0.252. The molecule has 0 fully saturated rings. The fourth-order valence-electron chi connectivity index (χ4n) is 4.25. The first-order valence-electron chi connectivity index (χ1n) is 10.5. The van der Waals surface area contributed by atoms with Crippen LogP contribution in [-0.2, 0) is 13.1 Å². The first-order chi connectivity index (χ1) is 15.1. The summed E-state index contributed by atoms with van der Waals surface area (Å²) in [6, 6.07) is 16.6. The van der Waals surface area contributed by atoms with Gasteiger partial charge in [0.2, 0.25) is 0 Å². The maximum absolute atomic E-state index is 14.8. The van der Waals surface area contributed by atoms with Crippen molar-refractivity contribution in [3.8, 4) is 5.69 Å². The summed E-state index contributed by atoms with van der Waals surface area (Å²) in [5, 5.41) is 17.0. The van der Waals surface area contributed by atoms with Crippen molar-refractivity contribution in [2.75, 3.05) is 6.54 Å². The number of rotatable bonds is 5. The van der Waals surface area contributed by atoms with Gasteiger partial charge in [-0.1, -0.05) is 50.2 Å². The van der Waals surface area contributed by atoms with Gasteiger partial charge in [-0.3, -0.25) is 4.90 Å². The largest absolute Gasteiger partial charge is 0.283 e. The van der Waals surface area contributed by atoms with Gasteiger partial charge in [0, 0.05) is 30.4 Å². The second kappa shape index (κ2) is 8.03. The Kier molecular flexibility index (Phi) is 5.07. The lowest BCUT2D eigenvalue weighted by Gasteiger charge is -2.35. The number of benzene rings is 2. The average molecular weight is 417 g/mol. The van der Waals surface area contributed by atoms with E-state index in [1.54, 1.807) is 10.7 Å². The van der Waals surface area contributed by atoms with Crippen LogP contribution in [-0.4, -0.2) is 41.4 Å². The van der Waals surface area contributed by atoms with Crippen molar-refractivity contribution in [1.82, 2.24) is 34.9 Å². The van der Waals surface area contributed by atoms with Crippen LogP contribution in [0, 0.1) is 5.82 Å². The lowest BCUT2D eigenvalue weighted by Crippen LogP contribution is -2.39. The SMILES string of the molecule is CC(C)c1nn(-c2ccccc2)cc1CN1CCn2nnnc2C1c1ccccc1F. The third kappa shape index (κ3) is 3.63. The maximum Gasteiger partial charge on any atom is 0.173 e. The fraction of sp³-hybridized carbons (Fsp3) is 0.304. The molecule has 4 aromatic rings. The smallest absolute Gasteiger partial charge is 0.173 e. The quantitative estimate of drug-likeness (QED) is 0.495. The first-order valence-corrected chi connectivity index (χ1v) is 10.5. The molecule has 158 valence electrons. The fourth-order valence-corrected chi connectivity index (χ4v) is 4.25. The maximum atomic E-state index is 14.8. The van der Waals surface area contributed by atoms with E-state index in [2.05, 4.69) is 40.5 Å². The van der Waals surface area contributed by atoms with Crippen LogP contribution in [0.1, 0.15) is 48.5 Å². The lowest BCUT2D eigenvalue weighted by molar-refractivity contribution is 0.160. The number of hydrogen-bond acceptors (Lipinski definition) is 5. The number of para-hydroxylation sites is 1. The van der Waals surface area contributed by atoms with Crippen LogP contribution < -0.4 is 0 Å². The zero-order valence-corrected chi connectivity index (χ0v) is 17.6. The van der Waals surface area contributed by atoms with E-state index in [-0.39, 0.29) is 17.8 Å². The third-order valence-corrected chi connectivity index (χ3v) is 5.73. The predicted octanol–water partition coefficient (Wildman–Crippen LogP) is 3.73. The van der Waals surface area contributed by atoms with E-state index < -0.39 is 0 Å². The number of halogens is 1. The Balaban J connectivity index is 1.54. The molecule has 0 N–H and O–H groups in total. The molecule has 2 aromatic heterocycles. The zero-order valence-electron chi connectivity index (χ0n) is 17.6. The van der Waals surface area contributed by atoms with Crippen molar-refractivity contribution in [1.29, 1.82) is 0 Å². The van der Waals surface area contributed by atoms with E-state index in [1.807, 2.05) is 47.1 Å². The Morgan fingerprint density at radius 3 is 2.58 bits per heavy atom. The molecule has 5 rings (SSSR count). The predicted molar refractivity (Wildman–Crippen MR) is 114 cm³/mol. The first kappa shape index (κ1) is 19.6. The minimum Gasteiger partial charge on any atom is -0.283 e. The summed E-state index contributed by atoms with van der Waals surface area (Å²) in [6.45, 7) is 6.30. The highest BCUT2D eigenvalue weighted by atomic mass is 19.1. The molecule has 0 bridgehead atoms. The second-order valence-electron chi connectivity index (χ2n) is 8.13. The Morgan fingerprint density at radius 1 is 1.03 bits per heavy atom. The summed E-state index contributed by atoms with van der Waals surface area (Å²) in [4.78, 5) is 2.24. The van der Waals surface area contributed by atoms with Gasteiger partial charge in [-0.15, -0.1) is 5.10 Å². The highest BCUT2D eigenvalue weighted by Crippen LogP contribution is 2.34. The average Bonchev–Trinajstić information content (AvgIpc) is 3.42. The molecule has 0 radical (unpaired) electrons. The molecule has 1 unspecified atom stereocenters. The number of hydrogen-bond donors (Lipinski definition) is 0. The number of aromatic nitrogens is 6. The third-order valence-electron chi connectivity index (χ3n) is 5.73. The van der Waals surface area contributed by atoms with Crippen LogP contribution >= 0.6 is 0 Å². The van der Waals surface area contributed by atoms with Crippen LogP contribution in [0.2, 0.25) is 0 Å². The van der Waals surface area contributed by atoms with E-state index in [0.717, 1.165) is 16.9 Å². The molecule has 3 heterocycles. The van der Waals surface area contributed by atoms with Crippen LogP contribution in [0.15, 0.2) is 60.8 Å². The van der Waals surface area contributed by atoms with Gasteiger partial charge in [0.15, 0.2) is 5.82 Å². The number of nitrogens with zero attached hydrogens (tertiary/aromatic N) is 7. The normalized spacial score (nSPS) is 16.6. The molecule has 1 atom stereocenters. The van der Waals surface area contributed by atoms with Crippen LogP contribution in [0.4, 0.5) is 4.39 Å². The summed E-state index contributed by atoms with van der Waals surface area (Å²) in [6.07, 6.45) is 2.08. The zero-order chi connectivity index (χ0) is 21.4. The molecular weight excluding hydrogens is 393 g/mol. The molecule has 1 aliphatic rings. The monoisotopic (exact) mass is 417 g/mol. The molecule has 7 nitrogen and oxygen atoms in total. The number of tetrazole rings is 1. The van der Waals surface area contributed by atoms with Gasteiger partial charge in [-0.2, -0.15) is 5.10 Å². The van der Waals surface area contributed by atoms with Crippen molar-refractivity contribution in [3.05, 3.63) is 89.3 Å². The highest BCUT2D eigenvalue weighted by molar-refractivity contribution is 5.34. The molecule has 8 heteroatoms. The van der Waals surface area contributed by atoms with Crippen molar-refractivity contribution in [2.45, 2.75) is 38.9 Å². The lowest BCUT2D eigenvalue weighted by atomic mass is 10.00. The van der Waals surface area contributed by atoms with Gasteiger partial charge in [0.1, 0.15) is 11.9 Å². The molecule has 1 aliphatic heterocycles. The van der Waals surface area contributed by atoms with Crippen LogP contribution in [0.5, 0.6) is 0 Å². The van der Waals surface area contributed by atoms with E-state index in [9.17, 15) is 4.39 Å². The molecule has 0 saturated heterocycles. The molecule has 0 aliphatic carbocycles. The Hall–Kier alpha value is -3.39. The Morgan fingerprint density at radius 2 is 1.81 bits per heavy atom. The summed E-state index contributed by atoms with van der Waals surface area (Å²) in [5.41, 5.74) is 3.77. The van der Waals surface area contributed by atoms with Gasteiger partial charge >= 0.3 is 0 Å². The van der Waals surface area contributed by atoms with Crippen LogP contribution in [0.25, 0.3) is 5.69 Å². The molecule has 2 aromatic carbocycles. The molecule has 0 saturated carbocycles. The topological polar surface area (TPSA) is 64.7 Å². The van der Waals surface area contributed by atoms with Gasteiger partial charge in [-0.05, 0) is 34.5 Å². The van der Waals surface area contributed by atoms with Gasteiger partial charge in [0.05, 0.1) is 17.9 Å². The summed E-state index contributed by atoms with van der Waals surface area (Å²) >= 11 is 0. The van der Waals surface area contributed by atoms with E-state index in [4.69, 9.17) is 5.10 Å². The molecule has 31 heavy (non-hydrogen) atoms. The van der Waals surface area contributed by atoms with Gasteiger partial charge in [0.25, 0.3) is 0 Å². The van der Waals surface area contributed by atoms with Crippen LogP contribution in [0.3, 0.4) is 0 Å². The summed E-state index contributed by atoms with van der Waals surface area (Å²) < 4.78 is 18.5. The van der Waals surface area contributed by atoms with E-state index in [0.29, 0.717) is 31.0 Å². The summed E-state index contributed by atoms with van der Waals surface area (Å²) in [7, 11) is 0. The van der Waals surface area contributed by atoms with Gasteiger partial charge < -0.3 is 0 Å². The minimum atomic E-state index is -0.356. The number of fused-ring (bicyclic) bond motifs is 1. The van der Waals surface area contributed by atoms with E-state index >= 15 is 0 Å². The standard InChI is InChI=1S/C23H24FN7/c1-16(2)21-17(15-31(26-21)18-8-4-3-5-9-18)14-29-12-13-30-23(25-27-28-30)22(29)19-10-6-7-11-20(19)24/h3-11,15-16,22H,12-14H2,1-2H3. The van der Waals surface area contributed by atoms with Gasteiger partial charge in [-0.25, -0.2) is 13.8 Å². The van der Waals surface area contributed by atoms with E-state index in [1.165, 1.54) is 6.07 Å². The Bertz CT molecular complexity index is 1180. The molecule has 0 amide bonds. The van der Waals surface area contributed by atoms with Crippen molar-refractivity contribution in [3.63, 3.8) is 0 Å². The molecular formula is C23H24FN7.